The van der Waals surface area contributed by atoms with Crippen molar-refractivity contribution in [2.24, 2.45) is 7.05 Å². The van der Waals surface area contributed by atoms with Crippen LogP contribution in [-0.4, -0.2) is 46.1 Å². The van der Waals surface area contributed by atoms with Crippen LogP contribution in [0.15, 0.2) is 18.3 Å². The molecule has 1 unspecified atom stereocenters. The summed E-state index contributed by atoms with van der Waals surface area (Å²) in [6.45, 7) is 1.49. The van der Waals surface area contributed by atoms with Crippen LogP contribution in [-0.2, 0) is 7.05 Å². The molecule has 17 heavy (non-hydrogen) atoms. The Bertz CT molecular complexity index is 387. The van der Waals surface area contributed by atoms with Crippen LogP contribution < -0.4 is 0 Å². The Morgan fingerprint density at radius 3 is 3.00 bits per heavy atom. The lowest BCUT2D eigenvalue weighted by molar-refractivity contribution is 0.0705. The Morgan fingerprint density at radius 2 is 2.35 bits per heavy atom. The third-order valence-electron chi connectivity index (χ3n) is 3.54. The molecule has 1 atom stereocenters. The molecule has 4 heteroatoms. The minimum Gasteiger partial charge on any atom is -0.395 e. The van der Waals surface area contributed by atoms with Crippen molar-refractivity contribution in [2.75, 3.05) is 19.7 Å². The highest BCUT2D eigenvalue weighted by Crippen LogP contribution is 2.17. The first-order chi connectivity index (χ1) is 8.22. The van der Waals surface area contributed by atoms with Crippen molar-refractivity contribution in [3.8, 4) is 0 Å². The molecule has 1 saturated heterocycles. The van der Waals surface area contributed by atoms with E-state index in [2.05, 4.69) is 4.90 Å². The van der Waals surface area contributed by atoms with Crippen molar-refractivity contribution >= 4 is 5.78 Å². The predicted octanol–water partition coefficient (Wildman–Crippen LogP) is 1.05. The van der Waals surface area contributed by atoms with E-state index in [1.165, 1.54) is 0 Å². The highest BCUT2D eigenvalue weighted by Gasteiger charge is 2.24. The molecular formula is C13H20N2O2. The maximum atomic E-state index is 12.1. The summed E-state index contributed by atoms with van der Waals surface area (Å²) >= 11 is 0. The van der Waals surface area contributed by atoms with Gasteiger partial charge in [-0.25, -0.2) is 0 Å². The Morgan fingerprint density at radius 1 is 1.53 bits per heavy atom. The number of carbonyl (C=O) groups excluding carboxylic acids is 1. The number of ketones is 1. The predicted molar refractivity (Wildman–Crippen MR) is 66.0 cm³/mol. The molecule has 0 bridgehead atoms. The minimum absolute atomic E-state index is 0.137. The number of hydrogen-bond acceptors (Lipinski definition) is 3. The fraction of sp³-hybridized carbons (Fsp3) is 0.615. The molecule has 0 radical (unpaired) electrons. The van der Waals surface area contributed by atoms with Crippen molar-refractivity contribution in [1.82, 2.24) is 9.47 Å². The maximum absolute atomic E-state index is 12.1. The quantitative estimate of drug-likeness (QED) is 0.795. The molecule has 1 aliphatic rings. The van der Waals surface area contributed by atoms with E-state index in [0.29, 0.717) is 6.54 Å². The molecule has 0 saturated carbocycles. The van der Waals surface area contributed by atoms with Gasteiger partial charge in [-0.3, -0.25) is 9.69 Å². The first-order valence-electron chi connectivity index (χ1n) is 6.22. The lowest BCUT2D eigenvalue weighted by Crippen LogP contribution is -2.44. The third-order valence-corrected chi connectivity index (χ3v) is 3.54. The van der Waals surface area contributed by atoms with Crippen molar-refractivity contribution in [3.05, 3.63) is 24.0 Å². The Balaban J connectivity index is 2.00. The first-order valence-corrected chi connectivity index (χ1v) is 6.22. The van der Waals surface area contributed by atoms with Crippen molar-refractivity contribution < 1.29 is 9.90 Å². The third kappa shape index (κ3) is 2.76. The summed E-state index contributed by atoms with van der Waals surface area (Å²) in [4.78, 5) is 14.2. The van der Waals surface area contributed by atoms with E-state index in [9.17, 15) is 9.90 Å². The zero-order chi connectivity index (χ0) is 12.3. The molecule has 0 spiro atoms. The van der Waals surface area contributed by atoms with Crippen LogP contribution in [0.1, 0.15) is 29.8 Å². The Hall–Kier alpha value is -1.13. The Labute approximate surface area is 102 Å². The van der Waals surface area contributed by atoms with E-state index in [-0.39, 0.29) is 18.4 Å². The van der Waals surface area contributed by atoms with Gasteiger partial charge in [0.2, 0.25) is 0 Å². The van der Waals surface area contributed by atoms with Crippen LogP contribution in [0.5, 0.6) is 0 Å². The summed E-state index contributed by atoms with van der Waals surface area (Å²) in [5.74, 6) is 0.137. The van der Waals surface area contributed by atoms with Gasteiger partial charge >= 0.3 is 0 Å². The molecule has 2 rings (SSSR count). The number of piperidine rings is 1. The number of aryl methyl sites for hydroxylation is 1. The number of rotatable bonds is 4. The molecular weight excluding hydrogens is 216 g/mol. The molecule has 1 N–H and O–H groups in total. The van der Waals surface area contributed by atoms with E-state index >= 15 is 0 Å². The molecule has 1 fully saturated rings. The lowest BCUT2D eigenvalue weighted by atomic mass is 10.0. The second kappa shape index (κ2) is 5.47. The average Bonchev–Trinajstić information content (AvgIpc) is 2.76. The standard InChI is InChI=1S/C13H20N2O2/c1-14-7-4-6-12(14)13(17)9-15-8-3-2-5-11(15)10-16/h4,6-7,11,16H,2-3,5,8-10H2,1H3. The molecule has 1 aromatic heterocycles. The fourth-order valence-electron chi connectivity index (χ4n) is 2.49. The lowest BCUT2D eigenvalue weighted by Gasteiger charge is -2.33. The number of hydrogen-bond donors (Lipinski definition) is 1. The second-order valence-corrected chi connectivity index (χ2v) is 4.73. The highest BCUT2D eigenvalue weighted by molar-refractivity contribution is 5.96. The number of carbonyl (C=O) groups is 1. The zero-order valence-electron chi connectivity index (χ0n) is 10.3. The number of aliphatic hydroxyl groups is 1. The van der Waals surface area contributed by atoms with E-state index < -0.39 is 0 Å². The smallest absolute Gasteiger partial charge is 0.193 e. The van der Waals surface area contributed by atoms with Crippen molar-refractivity contribution in [1.29, 1.82) is 0 Å². The van der Waals surface area contributed by atoms with Gasteiger partial charge in [-0.1, -0.05) is 6.42 Å². The zero-order valence-corrected chi connectivity index (χ0v) is 10.3. The van der Waals surface area contributed by atoms with Crippen LogP contribution >= 0.6 is 0 Å². The fourth-order valence-corrected chi connectivity index (χ4v) is 2.49. The molecule has 1 aromatic rings. The van der Waals surface area contributed by atoms with Gasteiger partial charge in [0.05, 0.1) is 18.8 Å². The number of aliphatic hydroxyl groups excluding tert-OH is 1. The summed E-state index contributed by atoms with van der Waals surface area (Å²) in [7, 11) is 1.88. The molecule has 2 heterocycles. The molecule has 0 amide bonds. The number of nitrogens with zero attached hydrogens (tertiary/aromatic N) is 2. The van der Waals surface area contributed by atoms with Crippen LogP contribution in [0, 0.1) is 0 Å². The molecule has 0 aromatic carbocycles. The number of aromatic nitrogens is 1. The normalized spacial score (nSPS) is 21.6. The summed E-state index contributed by atoms with van der Waals surface area (Å²) in [6.07, 6.45) is 5.15. The minimum atomic E-state index is 0.137. The largest absolute Gasteiger partial charge is 0.395 e. The average molecular weight is 236 g/mol. The molecule has 94 valence electrons. The summed E-state index contributed by atoms with van der Waals surface area (Å²) < 4.78 is 1.85. The SMILES string of the molecule is Cn1cccc1C(=O)CN1CCCCC1CO. The van der Waals surface area contributed by atoms with Gasteiger partial charge < -0.3 is 9.67 Å². The van der Waals surface area contributed by atoms with E-state index in [1.54, 1.807) is 0 Å². The summed E-state index contributed by atoms with van der Waals surface area (Å²) in [5, 5.41) is 9.30. The van der Waals surface area contributed by atoms with E-state index in [1.807, 2.05) is 29.9 Å². The van der Waals surface area contributed by atoms with Crippen LogP contribution in [0.25, 0.3) is 0 Å². The van der Waals surface area contributed by atoms with Crippen LogP contribution in [0.2, 0.25) is 0 Å². The Kier molecular flexibility index (Phi) is 3.97. The van der Waals surface area contributed by atoms with Crippen molar-refractivity contribution in [2.45, 2.75) is 25.3 Å². The summed E-state index contributed by atoms with van der Waals surface area (Å²) in [5.41, 5.74) is 0.743. The monoisotopic (exact) mass is 236 g/mol. The topological polar surface area (TPSA) is 45.5 Å². The van der Waals surface area contributed by atoms with Gasteiger partial charge in [0.25, 0.3) is 0 Å². The van der Waals surface area contributed by atoms with Gasteiger partial charge in [0.15, 0.2) is 5.78 Å². The molecule has 4 nitrogen and oxygen atoms in total. The van der Waals surface area contributed by atoms with Gasteiger partial charge in [-0.15, -0.1) is 0 Å². The number of likely N-dealkylation sites (tertiary alicyclic amines) is 1. The number of Topliss-reactive ketones (excluding diaryl/α,β-unsaturated/α-hetero) is 1. The van der Waals surface area contributed by atoms with Crippen molar-refractivity contribution in [3.63, 3.8) is 0 Å². The first kappa shape index (κ1) is 12.3. The van der Waals surface area contributed by atoms with Gasteiger partial charge in [0.1, 0.15) is 0 Å². The van der Waals surface area contributed by atoms with E-state index in [4.69, 9.17) is 0 Å². The highest BCUT2D eigenvalue weighted by atomic mass is 16.3. The van der Waals surface area contributed by atoms with Crippen LogP contribution in [0.3, 0.4) is 0 Å². The molecule has 1 aliphatic heterocycles. The maximum Gasteiger partial charge on any atom is 0.193 e. The molecule has 0 aliphatic carbocycles. The van der Waals surface area contributed by atoms with Gasteiger partial charge in [-0.05, 0) is 31.5 Å². The second-order valence-electron chi connectivity index (χ2n) is 4.73. The van der Waals surface area contributed by atoms with Crippen LogP contribution in [0.4, 0.5) is 0 Å². The van der Waals surface area contributed by atoms with Gasteiger partial charge in [0, 0.05) is 19.3 Å². The van der Waals surface area contributed by atoms with Gasteiger partial charge in [-0.2, -0.15) is 0 Å². The van der Waals surface area contributed by atoms with E-state index in [0.717, 1.165) is 31.5 Å². The summed E-state index contributed by atoms with van der Waals surface area (Å²) in [6, 6.07) is 3.89.